The third kappa shape index (κ3) is 4.00. The molecule has 2 aliphatic heterocycles. The summed E-state index contributed by atoms with van der Waals surface area (Å²) in [6.45, 7) is 6.36. The first-order valence-electron chi connectivity index (χ1n) is 7.95. The van der Waals surface area contributed by atoms with Crippen LogP contribution in [0.25, 0.3) is 0 Å². The van der Waals surface area contributed by atoms with Crippen LogP contribution >= 0.6 is 0 Å². The molecule has 2 aliphatic rings. The average molecular weight is 330 g/mol. The standard InChI is InChI=1S/C15H26N2O4S/c1-4-6-15(2,3)16-14(19)11-8-13(18)17(9-11)12-5-7-22(20,21)10-12/h11-12H,4-10H2,1-3H3,(H,16,19)/t11-,12+/m1/s1. The van der Waals surface area contributed by atoms with E-state index in [1.54, 1.807) is 4.90 Å². The summed E-state index contributed by atoms with van der Waals surface area (Å²) in [7, 11) is -3.02. The summed E-state index contributed by atoms with van der Waals surface area (Å²) in [6, 6.07) is -0.251. The highest BCUT2D eigenvalue weighted by Gasteiger charge is 2.42. The molecule has 0 saturated carbocycles. The molecule has 0 aromatic rings. The van der Waals surface area contributed by atoms with Crippen molar-refractivity contribution in [3.05, 3.63) is 0 Å². The van der Waals surface area contributed by atoms with Crippen molar-refractivity contribution in [1.82, 2.24) is 10.2 Å². The molecule has 0 aliphatic carbocycles. The molecule has 6 nitrogen and oxygen atoms in total. The molecule has 0 unspecified atom stereocenters. The SMILES string of the molecule is CCCC(C)(C)NC(=O)[C@@H]1CC(=O)N([C@H]2CCS(=O)(=O)C2)C1. The number of sulfone groups is 1. The van der Waals surface area contributed by atoms with Crippen LogP contribution in [0.2, 0.25) is 0 Å². The second-order valence-corrected chi connectivity index (χ2v) is 9.36. The Kier molecular flexibility index (Phi) is 4.84. The van der Waals surface area contributed by atoms with E-state index in [2.05, 4.69) is 12.2 Å². The Balaban J connectivity index is 1.96. The smallest absolute Gasteiger partial charge is 0.225 e. The molecule has 2 heterocycles. The molecule has 0 bridgehead atoms. The third-order valence-corrected chi connectivity index (χ3v) is 6.27. The number of rotatable bonds is 5. The molecule has 2 rings (SSSR count). The number of likely N-dealkylation sites (tertiary alicyclic amines) is 1. The summed E-state index contributed by atoms with van der Waals surface area (Å²) in [6.07, 6.45) is 2.53. The van der Waals surface area contributed by atoms with Crippen molar-refractivity contribution >= 4 is 21.7 Å². The number of carbonyl (C=O) groups is 2. The zero-order valence-corrected chi connectivity index (χ0v) is 14.4. The minimum atomic E-state index is -3.02. The van der Waals surface area contributed by atoms with Crippen LogP contribution in [0.1, 0.15) is 46.5 Å². The summed E-state index contributed by atoms with van der Waals surface area (Å²) < 4.78 is 23.1. The van der Waals surface area contributed by atoms with Gasteiger partial charge in [-0.1, -0.05) is 13.3 Å². The van der Waals surface area contributed by atoms with E-state index in [1.165, 1.54) is 0 Å². The van der Waals surface area contributed by atoms with Gasteiger partial charge in [0.25, 0.3) is 0 Å². The fourth-order valence-corrected chi connectivity index (χ4v) is 5.14. The van der Waals surface area contributed by atoms with Gasteiger partial charge < -0.3 is 10.2 Å². The summed E-state index contributed by atoms with van der Waals surface area (Å²) in [5.41, 5.74) is -0.279. The average Bonchev–Trinajstić information content (AvgIpc) is 2.91. The van der Waals surface area contributed by atoms with E-state index in [1.807, 2.05) is 13.8 Å². The van der Waals surface area contributed by atoms with Crippen molar-refractivity contribution in [2.24, 2.45) is 5.92 Å². The number of amides is 2. The van der Waals surface area contributed by atoms with E-state index in [-0.39, 0.29) is 47.2 Å². The monoisotopic (exact) mass is 330 g/mol. The highest BCUT2D eigenvalue weighted by Crippen LogP contribution is 2.26. The number of hydrogen-bond donors (Lipinski definition) is 1. The summed E-state index contributed by atoms with van der Waals surface area (Å²) >= 11 is 0. The Labute approximate surface area is 132 Å². The first-order valence-corrected chi connectivity index (χ1v) is 9.77. The van der Waals surface area contributed by atoms with Crippen LogP contribution < -0.4 is 5.32 Å². The first kappa shape index (κ1) is 17.2. The van der Waals surface area contributed by atoms with Crippen LogP contribution in [0.3, 0.4) is 0 Å². The van der Waals surface area contributed by atoms with Crippen LogP contribution in [0, 0.1) is 5.92 Å². The molecule has 2 fully saturated rings. The first-order chi connectivity index (χ1) is 10.1. The lowest BCUT2D eigenvalue weighted by Gasteiger charge is -2.28. The Morgan fingerprint density at radius 3 is 2.64 bits per heavy atom. The lowest BCUT2D eigenvalue weighted by molar-refractivity contribution is -0.130. The molecule has 0 aromatic carbocycles. The van der Waals surface area contributed by atoms with Crippen molar-refractivity contribution in [3.8, 4) is 0 Å². The van der Waals surface area contributed by atoms with Gasteiger partial charge in [-0.15, -0.1) is 0 Å². The van der Waals surface area contributed by atoms with Gasteiger partial charge in [-0.05, 0) is 26.7 Å². The van der Waals surface area contributed by atoms with Gasteiger partial charge in [-0.25, -0.2) is 8.42 Å². The van der Waals surface area contributed by atoms with E-state index in [0.717, 1.165) is 12.8 Å². The Bertz CT molecular complexity index is 556. The van der Waals surface area contributed by atoms with Crippen molar-refractivity contribution < 1.29 is 18.0 Å². The molecule has 0 aromatic heterocycles. The largest absolute Gasteiger partial charge is 0.351 e. The van der Waals surface area contributed by atoms with Gasteiger partial charge in [0.05, 0.1) is 17.4 Å². The van der Waals surface area contributed by atoms with E-state index in [9.17, 15) is 18.0 Å². The van der Waals surface area contributed by atoms with Gasteiger partial charge >= 0.3 is 0 Å². The molecular weight excluding hydrogens is 304 g/mol. The maximum Gasteiger partial charge on any atom is 0.225 e. The van der Waals surface area contributed by atoms with Crippen LogP contribution in [0.4, 0.5) is 0 Å². The lowest BCUT2D eigenvalue weighted by atomic mass is 9.97. The van der Waals surface area contributed by atoms with Gasteiger partial charge in [0.1, 0.15) is 0 Å². The van der Waals surface area contributed by atoms with Crippen molar-refractivity contribution in [3.63, 3.8) is 0 Å². The third-order valence-electron chi connectivity index (χ3n) is 4.51. The number of carbonyl (C=O) groups excluding carboxylic acids is 2. The molecule has 126 valence electrons. The highest BCUT2D eigenvalue weighted by atomic mass is 32.2. The Hall–Kier alpha value is -1.11. The quantitative estimate of drug-likeness (QED) is 0.805. The highest BCUT2D eigenvalue weighted by molar-refractivity contribution is 7.91. The van der Waals surface area contributed by atoms with Crippen LogP contribution in [0.15, 0.2) is 0 Å². The zero-order chi connectivity index (χ0) is 16.5. The number of nitrogens with one attached hydrogen (secondary N) is 1. The molecule has 2 amide bonds. The van der Waals surface area contributed by atoms with Crippen molar-refractivity contribution in [1.29, 1.82) is 0 Å². The van der Waals surface area contributed by atoms with Gasteiger partial charge in [-0.2, -0.15) is 0 Å². The Morgan fingerprint density at radius 1 is 1.41 bits per heavy atom. The zero-order valence-electron chi connectivity index (χ0n) is 13.6. The molecule has 2 saturated heterocycles. The predicted molar refractivity (Wildman–Crippen MR) is 84.0 cm³/mol. The maximum absolute atomic E-state index is 12.4. The molecule has 22 heavy (non-hydrogen) atoms. The van der Waals surface area contributed by atoms with Gasteiger partial charge in [-0.3, -0.25) is 9.59 Å². The molecule has 0 radical (unpaired) electrons. The maximum atomic E-state index is 12.4. The normalized spacial score (nSPS) is 28.1. The van der Waals surface area contributed by atoms with Crippen LogP contribution in [-0.2, 0) is 19.4 Å². The van der Waals surface area contributed by atoms with Crippen LogP contribution in [-0.4, -0.2) is 54.8 Å². The fraction of sp³-hybridized carbons (Fsp3) is 0.867. The topological polar surface area (TPSA) is 83.6 Å². The van der Waals surface area contributed by atoms with E-state index >= 15 is 0 Å². The van der Waals surface area contributed by atoms with Crippen molar-refractivity contribution in [2.45, 2.75) is 58.0 Å². The second kappa shape index (κ2) is 6.18. The van der Waals surface area contributed by atoms with E-state index in [4.69, 9.17) is 0 Å². The lowest BCUT2D eigenvalue weighted by Crippen LogP contribution is -2.47. The number of nitrogens with zero attached hydrogens (tertiary/aromatic N) is 1. The molecular formula is C15H26N2O4S. The molecule has 7 heteroatoms. The van der Waals surface area contributed by atoms with E-state index in [0.29, 0.717) is 13.0 Å². The minimum Gasteiger partial charge on any atom is -0.351 e. The molecule has 0 spiro atoms. The minimum absolute atomic E-state index is 0.0361. The van der Waals surface area contributed by atoms with Crippen molar-refractivity contribution in [2.75, 3.05) is 18.1 Å². The summed E-state index contributed by atoms with van der Waals surface area (Å²) in [5.74, 6) is -0.395. The molecule has 1 N–H and O–H groups in total. The van der Waals surface area contributed by atoms with Gasteiger partial charge in [0, 0.05) is 24.5 Å². The summed E-state index contributed by atoms with van der Waals surface area (Å²) in [4.78, 5) is 26.1. The molecule has 2 atom stereocenters. The predicted octanol–water partition coefficient (Wildman–Crippen LogP) is 0.717. The van der Waals surface area contributed by atoms with Crippen LogP contribution in [0.5, 0.6) is 0 Å². The number of hydrogen-bond acceptors (Lipinski definition) is 4. The second-order valence-electron chi connectivity index (χ2n) is 7.13. The van der Waals surface area contributed by atoms with Gasteiger partial charge in [0.2, 0.25) is 11.8 Å². The summed E-state index contributed by atoms with van der Waals surface area (Å²) in [5, 5.41) is 3.01. The van der Waals surface area contributed by atoms with E-state index < -0.39 is 9.84 Å². The fourth-order valence-electron chi connectivity index (χ4n) is 3.40. The Morgan fingerprint density at radius 2 is 2.09 bits per heavy atom. The van der Waals surface area contributed by atoms with Gasteiger partial charge in [0.15, 0.2) is 9.84 Å².